The molecule has 0 saturated carbocycles. The van der Waals surface area contributed by atoms with Crippen LogP contribution in [0.3, 0.4) is 0 Å². The van der Waals surface area contributed by atoms with Crippen LogP contribution in [0.5, 0.6) is 0 Å². The number of carbonyl (C=O) groups excluding carboxylic acids is 1. The van der Waals surface area contributed by atoms with E-state index in [9.17, 15) is 4.79 Å². The number of hydrogen-bond donors (Lipinski definition) is 2. The number of hydrogen-bond acceptors (Lipinski definition) is 4. The molecule has 98 valence electrons. The van der Waals surface area contributed by atoms with Gasteiger partial charge in [-0.3, -0.25) is 4.79 Å². The molecule has 0 aliphatic rings. The number of halogens is 2. The molecule has 1 heterocycles. The molecule has 0 spiro atoms. The third-order valence-electron chi connectivity index (χ3n) is 2.33. The van der Waals surface area contributed by atoms with Gasteiger partial charge in [0.1, 0.15) is 5.82 Å². The van der Waals surface area contributed by atoms with Crippen LogP contribution in [0.4, 0.5) is 11.5 Å². The van der Waals surface area contributed by atoms with Gasteiger partial charge in [-0.15, -0.1) is 10.2 Å². The number of aromatic nitrogens is 2. The van der Waals surface area contributed by atoms with E-state index >= 15 is 0 Å². The van der Waals surface area contributed by atoms with Crippen LogP contribution in [-0.4, -0.2) is 23.2 Å². The van der Waals surface area contributed by atoms with Crippen molar-refractivity contribution in [3.8, 4) is 0 Å². The first kappa shape index (κ1) is 13.8. The van der Waals surface area contributed by atoms with Gasteiger partial charge in [-0.1, -0.05) is 27.5 Å². The monoisotopic (exact) mass is 340 g/mol. The van der Waals surface area contributed by atoms with Gasteiger partial charge in [-0.25, -0.2) is 0 Å². The maximum Gasteiger partial charge on any atom is 0.276 e. The summed E-state index contributed by atoms with van der Waals surface area (Å²) >= 11 is 9.31. The average Bonchev–Trinajstić information content (AvgIpc) is 2.42. The minimum Gasteiger partial charge on any atom is -0.372 e. The average molecular weight is 342 g/mol. The number of benzene rings is 1. The van der Waals surface area contributed by atoms with E-state index in [0.29, 0.717) is 16.5 Å². The molecule has 1 amide bonds. The molecular weight excluding hydrogens is 332 g/mol. The lowest BCUT2D eigenvalue weighted by atomic mass is 10.3. The zero-order valence-corrected chi connectivity index (χ0v) is 12.3. The minimum atomic E-state index is -0.362. The highest BCUT2D eigenvalue weighted by molar-refractivity contribution is 9.10. The van der Waals surface area contributed by atoms with Crippen molar-refractivity contribution in [1.82, 2.24) is 10.2 Å². The third kappa shape index (κ3) is 3.42. The SMILES string of the molecule is CNc1ccc(C(=O)Nc2ccc(Br)cc2Cl)nn1. The van der Waals surface area contributed by atoms with Crippen molar-refractivity contribution < 1.29 is 4.79 Å². The summed E-state index contributed by atoms with van der Waals surface area (Å²) in [6.07, 6.45) is 0. The van der Waals surface area contributed by atoms with E-state index in [0.717, 1.165) is 4.47 Å². The molecule has 0 atom stereocenters. The standard InChI is InChI=1S/C12H10BrClN4O/c1-15-11-5-4-10(17-18-11)12(19)16-9-3-2-7(13)6-8(9)14/h2-6H,1H3,(H,15,18)(H,16,19). The highest BCUT2D eigenvalue weighted by atomic mass is 79.9. The van der Waals surface area contributed by atoms with Gasteiger partial charge >= 0.3 is 0 Å². The highest BCUT2D eigenvalue weighted by Crippen LogP contribution is 2.25. The van der Waals surface area contributed by atoms with Crippen molar-refractivity contribution in [2.24, 2.45) is 0 Å². The van der Waals surface area contributed by atoms with Gasteiger partial charge in [0.05, 0.1) is 10.7 Å². The lowest BCUT2D eigenvalue weighted by molar-refractivity contribution is 0.102. The van der Waals surface area contributed by atoms with E-state index in [-0.39, 0.29) is 11.6 Å². The number of carbonyl (C=O) groups is 1. The smallest absolute Gasteiger partial charge is 0.276 e. The summed E-state index contributed by atoms with van der Waals surface area (Å²) in [7, 11) is 1.73. The molecule has 0 bridgehead atoms. The van der Waals surface area contributed by atoms with Gasteiger partial charge in [0.25, 0.3) is 5.91 Å². The first-order valence-corrected chi connectivity index (χ1v) is 6.55. The Bertz CT molecular complexity index is 603. The number of amides is 1. The lowest BCUT2D eigenvalue weighted by Crippen LogP contribution is -2.14. The van der Waals surface area contributed by atoms with Crippen molar-refractivity contribution >= 4 is 44.9 Å². The van der Waals surface area contributed by atoms with E-state index in [4.69, 9.17) is 11.6 Å². The van der Waals surface area contributed by atoms with Crippen molar-refractivity contribution in [3.05, 3.63) is 45.5 Å². The van der Waals surface area contributed by atoms with E-state index in [1.807, 2.05) is 0 Å². The lowest BCUT2D eigenvalue weighted by Gasteiger charge is -2.07. The van der Waals surface area contributed by atoms with Crippen LogP contribution in [0.25, 0.3) is 0 Å². The van der Waals surface area contributed by atoms with Gasteiger partial charge in [-0.2, -0.15) is 0 Å². The second-order valence-corrected chi connectivity index (χ2v) is 4.95. The predicted molar refractivity (Wildman–Crippen MR) is 78.7 cm³/mol. The second kappa shape index (κ2) is 5.99. The molecule has 0 aliphatic carbocycles. The minimum absolute atomic E-state index is 0.220. The van der Waals surface area contributed by atoms with Crippen LogP contribution in [-0.2, 0) is 0 Å². The Morgan fingerprint density at radius 1 is 1.26 bits per heavy atom. The Balaban J connectivity index is 2.15. The summed E-state index contributed by atoms with van der Waals surface area (Å²) < 4.78 is 0.841. The van der Waals surface area contributed by atoms with Crippen LogP contribution in [0.1, 0.15) is 10.5 Å². The summed E-state index contributed by atoms with van der Waals surface area (Å²) in [5.74, 6) is 0.234. The van der Waals surface area contributed by atoms with Gasteiger partial charge in [0.2, 0.25) is 0 Å². The largest absolute Gasteiger partial charge is 0.372 e. The maximum absolute atomic E-state index is 11.9. The summed E-state index contributed by atoms with van der Waals surface area (Å²) in [5, 5.41) is 13.6. The second-order valence-electron chi connectivity index (χ2n) is 3.63. The molecule has 0 unspecified atom stereocenters. The zero-order chi connectivity index (χ0) is 13.8. The number of anilines is 2. The summed E-state index contributed by atoms with van der Waals surface area (Å²) in [6.45, 7) is 0. The quantitative estimate of drug-likeness (QED) is 0.900. The molecule has 0 fully saturated rings. The first-order chi connectivity index (χ1) is 9.10. The number of nitrogens with zero attached hydrogens (tertiary/aromatic N) is 2. The van der Waals surface area contributed by atoms with Crippen LogP contribution < -0.4 is 10.6 Å². The number of nitrogens with one attached hydrogen (secondary N) is 2. The van der Waals surface area contributed by atoms with Crippen LogP contribution in [0.15, 0.2) is 34.8 Å². The zero-order valence-electron chi connectivity index (χ0n) is 9.95. The molecule has 5 nitrogen and oxygen atoms in total. The predicted octanol–water partition coefficient (Wildman–Crippen LogP) is 3.19. The molecule has 2 rings (SSSR count). The van der Waals surface area contributed by atoms with Crippen molar-refractivity contribution in [2.45, 2.75) is 0 Å². The first-order valence-electron chi connectivity index (χ1n) is 5.38. The third-order valence-corrected chi connectivity index (χ3v) is 3.14. The maximum atomic E-state index is 11.9. The molecule has 1 aromatic carbocycles. The molecule has 0 aliphatic heterocycles. The Hall–Kier alpha value is -1.66. The molecule has 1 aromatic heterocycles. The summed E-state index contributed by atoms with van der Waals surface area (Å²) in [6, 6.07) is 8.45. The van der Waals surface area contributed by atoms with E-state index < -0.39 is 0 Å². The van der Waals surface area contributed by atoms with E-state index in [1.54, 1.807) is 37.4 Å². The fraction of sp³-hybridized carbons (Fsp3) is 0.0833. The normalized spacial score (nSPS) is 10.1. The Morgan fingerprint density at radius 3 is 2.63 bits per heavy atom. The summed E-state index contributed by atoms with van der Waals surface area (Å²) in [4.78, 5) is 11.9. The van der Waals surface area contributed by atoms with Gasteiger partial charge < -0.3 is 10.6 Å². The molecule has 2 N–H and O–H groups in total. The fourth-order valence-electron chi connectivity index (χ4n) is 1.36. The Kier molecular flexibility index (Phi) is 4.34. The van der Waals surface area contributed by atoms with Crippen LogP contribution >= 0.6 is 27.5 Å². The molecule has 2 aromatic rings. The summed E-state index contributed by atoms with van der Waals surface area (Å²) in [5.41, 5.74) is 0.743. The Labute approximate surface area is 123 Å². The van der Waals surface area contributed by atoms with E-state index in [1.165, 1.54) is 0 Å². The van der Waals surface area contributed by atoms with Gasteiger partial charge in [-0.05, 0) is 30.3 Å². The van der Waals surface area contributed by atoms with Crippen LogP contribution in [0, 0.1) is 0 Å². The van der Waals surface area contributed by atoms with Crippen LogP contribution in [0.2, 0.25) is 5.02 Å². The van der Waals surface area contributed by atoms with Crippen molar-refractivity contribution in [2.75, 3.05) is 17.7 Å². The Morgan fingerprint density at radius 2 is 2.05 bits per heavy atom. The van der Waals surface area contributed by atoms with Gasteiger partial charge in [0.15, 0.2) is 5.69 Å². The molecule has 7 heteroatoms. The van der Waals surface area contributed by atoms with E-state index in [2.05, 4.69) is 36.8 Å². The molecule has 19 heavy (non-hydrogen) atoms. The number of rotatable bonds is 3. The molecule has 0 radical (unpaired) electrons. The fourth-order valence-corrected chi connectivity index (χ4v) is 2.08. The van der Waals surface area contributed by atoms with Crippen molar-refractivity contribution in [3.63, 3.8) is 0 Å². The van der Waals surface area contributed by atoms with Crippen molar-refractivity contribution in [1.29, 1.82) is 0 Å². The molecular formula is C12H10BrClN4O. The molecule has 0 saturated heterocycles. The van der Waals surface area contributed by atoms with Gasteiger partial charge in [0, 0.05) is 11.5 Å². The topological polar surface area (TPSA) is 66.9 Å². The highest BCUT2D eigenvalue weighted by Gasteiger charge is 2.10.